The first kappa shape index (κ1) is 23.9. The van der Waals surface area contributed by atoms with Gasteiger partial charge in [0, 0.05) is 19.3 Å². The van der Waals surface area contributed by atoms with E-state index in [1.54, 1.807) is 11.9 Å². The van der Waals surface area contributed by atoms with Crippen LogP contribution in [0, 0.1) is 0 Å². The molecule has 0 radical (unpaired) electrons. The highest BCUT2D eigenvalue weighted by Gasteiger charge is 2.63. The van der Waals surface area contributed by atoms with Crippen LogP contribution < -0.4 is 4.90 Å². The van der Waals surface area contributed by atoms with E-state index >= 15 is 0 Å². The Labute approximate surface area is 216 Å². The summed E-state index contributed by atoms with van der Waals surface area (Å²) in [4.78, 5) is 31.3. The summed E-state index contributed by atoms with van der Waals surface area (Å²) in [5.74, 6) is -0.0627. The fraction of sp³-hybridized carbons (Fsp3) is 0.161. The van der Waals surface area contributed by atoms with Crippen LogP contribution in [0.5, 0.6) is 0 Å². The number of hydrogen-bond donors (Lipinski definition) is 0. The van der Waals surface area contributed by atoms with Gasteiger partial charge in [0.25, 0.3) is 11.1 Å². The van der Waals surface area contributed by atoms with Crippen molar-refractivity contribution in [3.8, 4) is 0 Å². The van der Waals surface area contributed by atoms with Crippen LogP contribution >= 0.6 is 11.8 Å². The molecule has 1 aliphatic rings. The summed E-state index contributed by atoms with van der Waals surface area (Å²) < 4.78 is -1.02. The van der Waals surface area contributed by atoms with Gasteiger partial charge in [0.05, 0.1) is 6.04 Å². The van der Waals surface area contributed by atoms with Gasteiger partial charge in [0.1, 0.15) is 0 Å². The number of amides is 2. The molecular formula is C31H28N2O2S. The lowest BCUT2D eigenvalue weighted by Crippen LogP contribution is -2.71. The molecule has 0 unspecified atom stereocenters. The van der Waals surface area contributed by atoms with Gasteiger partial charge in [-0.1, -0.05) is 109 Å². The summed E-state index contributed by atoms with van der Waals surface area (Å²) in [6.45, 7) is 0.484. The van der Waals surface area contributed by atoms with E-state index in [0.29, 0.717) is 13.0 Å². The van der Waals surface area contributed by atoms with E-state index in [2.05, 4.69) is 12.1 Å². The minimum Gasteiger partial charge on any atom is -0.332 e. The highest BCUT2D eigenvalue weighted by atomic mass is 32.2. The molecule has 4 aromatic carbocycles. The van der Waals surface area contributed by atoms with E-state index in [1.807, 2.05) is 114 Å². The number of carbonyl (C=O) groups excluding carboxylic acids is 2. The number of thioether (sulfide) groups is 1. The second-order valence-electron chi connectivity index (χ2n) is 9.03. The van der Waals surface area contributed by atoms with E-state index in [1.165, 1.54) is 0 Å². The van der Waals surface area contributed by atoms with Gasteiger partial charge in [0.15, 0.2) is 4.75 Å². The Morgan fingerprint density at radius 1 is 0.778 bits per heavy atom. The maximum Gasteiger partial charge on any atom is 0.283 e. The van der Waals surface area contributed by atoms with Gasteiger partial charge in [-0.15, -0.1) is 0 Å². The number of nitrogens with zero attached hydrogens (tertiary/aromatic N) is 2. The normalized spacial score (nSPS) is 19.0. The molecule has 0 aliphatic carbocycles. The maximum atomic E-state index is 14.1. The first-order chi connectivity index (χ1) is 17.6. The van der Waals surface area contributed by atoms with Crippen molar-refractivity contribution in [2.75, 3.05) is 11.9 Å². The highest BCUT2D eigenvalue weighted by molar-refractivity contribution is 8.15. The van der Waals surface area contributed by atoms with Gasteiger partial charge >= 0.3 is 0 Å². The van der Waals surface area contributed by atoms with Crippen molar-refractivity contribution in [3.05, 3.63) is 138 Å². The number of hydrogen-bond acceptors (Lipinski definition) is 3. The van der Waals surface area contributed by atoms with Crippen molar-refractivity contribution >= 4 is 28.6 Å². The Kier molecular flexibility index (Phi) is 6.92. The fourth-order valence-corrected chi connectivity index (χ4v) is 6.11. The molecule has 1 aliphatic heterocycles. The Hall–Kier alpha value is -3.83. The number of anilines is 1. The second-order valence-corrected chi connectivity index (χ2v) is 10.2. The largest absolute Gasteiger partial charge is 0.332 e. The molecule has 4 nitrogen and oxygen atoms in total. The molecule has 2 atom stereocenters. The minimum absolute atomic E-state index is 0.0627. The van der Waals surface area contributed by atoms with E-state index < -0.39 is 4.75 Å². The summed E-state index contributed by atoms with van der Waals surface area (Å²) in [5.41, 5.74) is 3.88. The summed E-state index contributed by atoms with van der Waals surface area (Å²) >= 11 is 1.14. The maximum absolute atomic E-state index is 14.1. The molecule has 5 rings (SSSR count). The third-order valence-electron chi connectivity index (χ3n) is 6.65. The SMILES string of the molecule is CN(Cc1ccccc1)C(=O)S[C@@]1(c2ccccc2)C(=O)N(c2ccccc2)[C@H]1Cc1ccccc1. The Balaban J connectivity index is 1.53. The monoisotopic (exact) mass is 492 g/mol. The standard InChI is InChI=1S/C31H28N2O2S/c1-32(23-25-16-8-3-9-17-25)30(35)36-31(26-18-10-4-11-19-26)28(22-24-14-6-2-7-15-24)33(29(31)34)27-20-12-5-13-21-27/h2-21,28H,22-23H2,1H3/t28-,31+/m0/s1. The van der Waals surface area contributed by atoms with Gasteiger partial charge in [-0.25, -0.2) is 0 Å². The summed E-state index contributed by atoms with van der Waals surface area (Å²) in [5, 5.41) is -0.123. The van der Waals surface area contributed by atoms with Crippen molar-refractivity contribution in [1.29, 1.82) is 0 Å². The topological polar surface area (TPSA) is 40.6 Å². The van der Waals surface area contributed by atoms with Gasteiger partial charge in [-0.3, -0.25) is 9.59 Å². The number of rotatable bonds is 7. The van der Waals surface area contributed by atoms with Crippen LogP contribution in [0.4, 0.5) is 10.5 Å². The van der Waals surface area contributed by atoms with E-state index in [4.69, 9.17) is 0 Å². The van der Waals surface area contributed by atoms with Gasteiger partial charge in [-0.05, 0) is 47.0 Å². The van der Waals surface area contributed by atoms with Crippen molar-refractivity contribution in [2.45, 2.75) is 23.8 Å². The van der Waals surface area contributed by atoms with Crippen molar-refractivity contribution in [2.24, 2.45) is 0 Å². The fourth-order valence-electron chi connectivity index (χ4n) is 4.85. The molecule has 36 heavy (non-hydrogen) atoms. The zero-order chi connectivity index (χ0) is 25.0. The Morgan fingerprint density at radius 2 is 1.28 bits per heavy atom. The molecular weight excluding hydrogens is 464 g/mol. The van der Waals surface area contributed by atoms with Crippen LogP contribution in [0.3, 0.4) is 0 Å². The van der Waals surface area contributed by atoms with Crippen LogP contribution in [0.2, 0.25) is 0 Å². The van der Waals surface area contributed by atoms with Crippen LogP contribution in [-0.2, 0) is 22.5 Å². The number of β-lactam (4-membered cyclic amide) rings is 1. The lowest BCUT2D eigenvalue weighted by Gasteiger charge is -2.55. The minimum atomic E-state index is -1.02. The number of benzene rings is 4. The van der Waals surface area contributed by atoms with Gasteiger partial charge in [-0.2, -0.15) is 0 Å². The predicted molar refractivity (Wildman–Crippen MR) is 147 cm³/mol. The molecule has 1 saturated heterocycles. The molecule has 180 valence electrons. The van der Waals surface area contributed by atoms with Crippen LogP contribution in [0.25, 0.3) is 0 Å². The van der Waals surface area contributed by atoms with Gasteiger partial charge in [0.2, 0.25) is 0 Å². The molecule has 0 N–H and O–H groups in total. The van der Waals surface area contributed by atoms with Crippen LogP contribution in [-0.4, -0.2) is 29.1 Å². The van der Waals surface area contributed by atoms with Crippen molar-refractivity contribution < 1.29 is 9.59 Å². The molecule has 1 fully saturated rings. The lowest BCUT2D eigenvalue weighted by atomic mass is 9.77. The smallest absolute Gasteiger partial charge is 0.283 e. The third kappa shape index (κ3) is 4.54. The van der Waals surface area contributed by atoms with E-state index in [9.17, 15) is 9.59 Å². The van der Waals surface area contributed by atoms with Crippen molar-refractivity contribution in [1.82, 2.24) is 4.90 Å². The van der Waals surface area contributed by atoms with E-state index in [-0.39, 0.29) is 17.2 Å². The predicted octanol–water partition coefficient (Wildman–Crippen LogP) is 6.53. The molecule has 0 spiro atoms. The van der Waals surface area contributed by atoms with Crippen LogP contribution in [0.15, 0.2) is 121 Å². The molecule has 0 bridgehead atoms. The Bertz CT molecular complexity index is 1320. The average Bonchev–Trinajstić information content (AvgIpc) is 2.93. The number of carbonyl (C=O) groups is 2. The summed E-state index contributed by atoms with van der Waals surface area (Å²) in [6.07, 6.45) is 0.638. The summed E-state index contributed by atoms with van der Waals surface area (Å²) in [7, 11) is 1.80. The number of para-hydroxylation sites is 1. The first-order valence-electron chi connectivity index (χ1n) is 12.1. The summed E-state index contributed by atoms with van der Waals surface area (Å²) in [6, 6.07) is 39.4. The molecule has 4 aromatic rings. The average molecular weight is 493 g/mol. The van der Waals surface area contributed by atoms with Crippen molar-refractivity contribution in [3.63, 3.8) is 0 Å². The molecule has 0 aromatic heterocycles. The Morgan fingerprint density at radius 3 is 1.86 bits per heavy atom. The molecule has 0 saturated carbocycles. The first-order valence-corrected chi connectivity index (χ1v) is 12.9. The van der Waals surface area contributed by atoms with E-state index in [0.717, 1.165) is 34.1 Å². The second kappa shape index (κ2) is 10.4. The third-order valence-corrected chi connectivity index (χ3v) is 8.14. The lowest BCUT2D eigenvalue weighted by molar-refractivity contribution is -0.128. The molecule has 1 heterocycles. The highest BCUT2D eigenvalue weighted by Crippen LogP contribution is 2.54. The van der Waals surface area contributed by atoms with Gasteiger partial charge < -0.3 is 9.80 Å². The zero-order valence-corrected chi connectivity index (χ0v) is 21.0. The van der Waals surface area contributed by atoms with Crippen LogP contribution in [0.1, 0.15) is 16.7 Å². The zero-order valence-electron chi connectivity index (χ0n) is 20.2. The quantitative estimate of drug-likeness (QED) is 0.276. The molecule has 5 heteroatoms. The molecule has 2 amide bonds.